The number of hydrogen-bond donors (Lipinski definition) is 1. The first-order valence-electron chi connectivity index (χ1n) is 5.51. The minimum absolute atomic E-state index is 0.297. The summed E-state index contributed by atoms with van der Waals surface area (Å²) in [5.41, 5.74) is 2.89. The molecule has 0 bridgehead atoms. The molecule has 1 aliphatic rings. The van der Waals surface area contributed by atoms with Crippen molar-refractivity contribution < 1.29 is 9.59 Å². The van der Waals surface area contributed by atoms with Gasteiger partial charge in [-0.25, -0.2) is 20.1 Å². The lowest BCUT2D eigenvalue weighted by Crippen LogP contribution is -2.49. The summed E-state index contributed by atoms with van der Waals surface area (Å²) in [4.78, 5) is 24.9. The first-order chi connectivity index (χ1) is 8.33. The fourth-order valence-corrected chi connectivity index (χ4v) is 2.13. The molecule has 0 radical (unpaired) electrons. The van der Waals surface area contributed by atoms with Crippen LogP contribution in [0.4, 0.5) is 10.5 Å². The number of carbonyl (C=O) groups is 2. The quantitative estimate of drug-likeness (QED) is 0.850. The zero-order valence-corrected chi connectivity index (χ0v) is 11.2. The number of hydrazine groups is 1. The molecular formula is C12H14ClN3O2. The minimum Gasteiger partial charge on any atom is -0.275 e. The van der Waals surface area contributed by atoms with Crippen LogP contribution >= 0.6 is 11.6 Å². The highest BCUT2D eigenvalue weighted by atomic mass is 35.5. The van der Waals surface area contributed by atoms with E-state index in [4.69, 9.17) is 11.6 Å². The van der Waals surface area contributed by atoms with Gasteiger partial charge in [-0.05, 0) is 38.1 Å². The number of hydrogen-bond acceptors (Lipinski definition) is 3. The van der Waals surface area contributed by atoms with Crippen LogP contribution in [0.2, 0.25) is 5.02 Å². The van der Waals surface area contributed by atoms with Gasteiger partial charge >= 0.3 is 6.03 Å². The number of rotatable bonds is 1. The van der Waals surface area contributed by atoms with Gasteiger partial charge in [0.05, 0.1) is 5.69 Å². The van der Waals surface area contributed by atoms with E-state index in [0.717, 1.165) is 0 Å². The van der Waals surface area contributed by atoms with Crippen LogP contribution in [-0.4, -0.2) is 22.5 Å². The van der Waals surface area contributed by atoms with E-state index < -0.39 is 11.7 Å². The fraction of sp³-hybridized carbons (Fsp3) is 0.333. The van der Waals surface area contributed by atoms with Crippen molar-refractivity contribution in [2.75, 3.05) is 5.01 Å². The summed E-state index contributed by atoms with van der Waals surface area (Å²) in [6, 6.07) is 6.42. The third kappa shape index (κ3) is 2.07. The van der Waals surface area contributed by atoms with Gasteiger partial charge in [0.1, 0.15) is 5.66 Å². The molecule has 3 amide bonds. The topological polar surface area (TPSA) is 52.7 Å². The number of anilines is 1. The molecule has 96 valence electrons. The lowest BCUT2D eigenvalue weighted by atomic mass is 10.2. The first kappa shape index (κ1) is 12.9. The second kappa shape index (κ2) is 4.26. The second-order valence-corrected chi connectivity index (χ2v) is 5.06. The predicted molar refractivity (Wildman–Crippen MR) is 69.1 cm³/mol. The van der Waals surface area contributed by atoms with Gasteiger partial charge in [0.15, 0.2) is 0 Å². The van der Waals surface area contributed by atoms with Crippen molar-refractivity contribution in [2.45, 2.75) is 26.4 Å². The van der Waals surface area contributed by atoms with E-state index in [1.54, 1.807) is 38.1 Å². The highest BCUT2D eigenvalue weighted by Crippen LogP contribution is 2.27. The maximum Gasteiger partial charge on any atom is 0.347 e. The van der Waals surface area contributed by atoms with Crippen molar-refractivity contribution in [3.63, 3.8) is 0 Å². The van der Waals surface area contributed by atoms with Gasteiger partial charge in [-0.2, -0.15) is 0 Å². The SMILES string of the molecule is CC(=O)N1C(=O)N(c2ccc(Cl)cc2)NC1(C)C. The largest absolute Gasteiger partial charge is 0.347 e. The Balaban J connectivity index is 2.35. The molecule has 1 heterocycles. The van der Waals surface area contributed by atoms with Crippen LogP contribution in [0.25, 0.3) is 0 Å². The van der Waals surface area contributed by atoms with Crippen LogP contribution in [0.5, 0.6) is 0 Å². The van der Waals surface area contributed by atoms with Gasteiger partial charge in [-0.15, -0.1) is 0 Å². The van der Waals surface area contributed by atoms with Crippen molar-refractivity contribution in [1.29, 1.82) is 0 Å². The molecular weight excluding hydrogens is 254 g/mol. The van der Waals surface area contributed by atoms with Gasteiger partial charge in [0, 0.05) is 11.9 Å². The van der Waals surface area contributed by atoms with Crippen LogP contribution in [-0.2, 0) is 4.79 Å². The lowest BCUT2D eigenvalue weighted by molar-refractivity contribution is -0.129. The van der Waals surface area contributed by atoms with Crippen LogP contribution in [0, 0.1) is 0 Å². The summed E-state index contributed by atoms with van der Waals surface area (Å²) >= 11 is 5.80. The van der Waals surface area contributed by atoms with E-state index >= 15 is 0 Å². The Hall–Kier alpha value is -1.59. The van der Waals surface area contributed by atoms with Crippen LogP contribution in [0.3, 0.4) is 0 Å². The molecule has 1 aliphatic heterocycles. The van der Waals surface area contributed by atoms with Crippen LogP contribution < -0.4 is 10.4 Å². The molecule has 0 unspecified atom stereocenters. The number of halogens is 1. The molecule has 6 heteroatoms. The van der Waals surface area contributed by atoms with Crippen molar-refractivity contribution in [3.05, 3.63) is 29.3 Å². The van der Waals surface area contributed by atoms with Gasteiger partial charge in [0.2, 0.25) is 5.91 Å². The minimum atomic E-state index is -0.747. The van der Waals surface area contributed by atoms with Crippen molar-refractivity contribution in [2.24, 2.45) is 0 Å². The molecule has 0 spiro atoms. The molecule has 0 aliphatic carbocycles. The lowest BCUT2D eigenvalue weighted by Gasteiger charge is -2.25. The van der Waals surface area contributed by atoms with Crippen LogP contribution in [0.15, 0.2) is 24.3 Å². The zero-order chi connectivity index (χ0) is 13.5. The van der Waals surface area contributed by atoms with Gasteiger partial charge in [-0.3, -0.25) is 4.79 Å². The Morgan fingerprint density at radius 2 is 1.83 bits per heavy atom. The molecule has 1 N–H and O–H groups in total. The average Bonchev–Trinajstić information content (AvgIpc) is 2.50. The number of carbonyl (C=O) groups excluding carboxylic acids is 2. The normalized spacial score (nSPS) is 18.3. The molecule has 2 rings (SSSR count). The molecule has 1 aromatic rings. The van der Waals surface area contributed by atoms with Crippen molar-refractivity contribution in [3.8, 4) is 0 Å². The van der Waals surface area contributed by atoms with E-state index in [2.05, 4.69) is 5.43 Å². The number of imide groups is 1. The Bertz CT molecular complexity index is 499. The molecule has 0 aromatic heterocycles. The third-order valence-electron chi connectivity index (χ3n) is 2.73. The summed E-state index contributed by atoms with van der Waals surface area (Å²) in [6.45, 7) is 4.90. The Kier molecular flexibility index (Phi) is 3.04. The summed E-state index contributed by atoms with van der Waals surface area (Å²) in [6.07, 6.45) is 0. The van der Waals surface area contributed by atoms with Gasteiger partial charge in [-0.1, -0.05) is 11.6 Å². The van der Waals surface area contributed by atoms with E-state index in [1.165, 1.54) is 16.8 Å². The van der Waals surface area contributed by atoms with E-state index in [-0.39, 0.29) is 5.91 Å². The standard InChI is InChI=1S/C12H14ClN3O2/c1-8(17)15-11(18)16(14-12(15,2)3)10-6-4-9(13)5-7-10/h4-7,14H,1-3H3. The summed E-state index contributed by atoms with van der Waals surface area (Å²) in [5, 5.41) is 1.94. The maximum atomic E-state index is 12.2. The zero-order valence-electron chi connectivity index (χ0n) is 10.4. The van der Waals surface area contributed by atoms with Crippen LogP contribution in [0.1, 0.15) is 20.8 Å². The molecule has 5 nitrogen and oxygen atoms in total. The van der Waals surface area contributed by atoms with E-state index in [9.17, 15) is 9.59 Å². The first-order valence-corrected chi connectivity index (χ1v) is 5.89. The summed E-state index contributed by atoms with van der Waals surface area (Å²) in [7, 11) is 0. The third-order valence-corrected chi connectivity index (χ3v) is 2.98. The molecule has 1 fully saturated rings. The predicted octanol–water partition coefficient (Wildman–Crippen LogP) is 2.37. The Morgan fingerprint density at radius 3 is 2.28 bits per heavy atom. The van der Waals surface area contributed by atoms with Gasteiger partial charge < -0.3 is 0 Å². The number of nitrogens with one attached hydrogen (secondary N) is 1. The van der Waals surface area contributed by atoms with Crippen molar-refractivity contribution in [1.82, 2.24) is 10.3 Å². The maximum absolute atomic E-state index is 12.2. The van der Waals surface area contributed by atoms with E-state index in [1.807, 2.05) is 0 Å². The smallest absolute Gasteiger partial charge is 0.275 e. The van der Waals surface area contributed by atoms with E-state index in [0.29, 0.717) is 10.7 Å². The Morgan fingerprint density at radius 1 is 1.28 bits per heavy atom. The number of urea groups is 1. The molecule has 1 saturated heterocycles. The molecule has 18 heavy (non-hydrogen) atoms. The number of nitrogens with zero attached hydrogens (tertiary/aromatic N) is 2. The monoisotopic (exact) mass is 267 g/mol. The molecule has 0 saturated carbocycles. The highest BCUT2D eigenvalue weighted by Gasteiger charge is 2.45. The van der Waals surface area contributed by atoms with Gasteiger partial charge in [0.25, 0.3) is 0 Å². The summed E-state index contributed by atoms with van der Waals surface area (Å²) < 4.78 is 0. The summed E-state index contributed by atoms with van der Waals surface area (Å²) in [5.74, 6) is -0.297. The average molecular weight is 268 g/mol. The molecule has 0 atom stereocenters. The Labute approximate surface area is 110 Å². The number of benzene rings is 1. The molecule has 1 aromatic carbocycles. The fourth-order valence-electron chi connectivity index (χ4n) is 2.00. The second-order valence-electron chi connectivity index (χ2n) is 4.62. The highest BCUT2D eigenvalue weighted by molar-refractivity contribution is 6.30. The number of amides is 3. The van der Waals surface area contributed by atoms with Crippen molar-refractivity contribution >= 4 is 29.2 Å².